The number of nitrogens with zero attached hydrogens (tertiary/aromatic N) is 4. The second kappa shape index (κ2) is 9.69. The van der Waals surface area contributed by atoms with Crippen molar-refractivity contribution in [2.75, 3.05) is 12.3 Å². The monoisotopic (exact) mass is 535 g/mol. The van der Waals surface area contributed by atoms with Gasteiger partial charge >= 0.3 is 30.1 Å². The molecule has 0 aromatic carbocycles. The molecular formula is C11H16N5O14P3. The lowest BCUT2D eigenvalue weighted by Gasteiger charge is -2.17. The van der Waals surface area contributed by atoms with Crippen LogP contribution in [0.25, 0.3) is 11.2 Å². The van der Waals surface area contributed by atoms with Gasteiger partial charge < -0.3 is 44.6 Å². The van der Waals surface area contributed by atoms with Gasteiger partial charge in [-0.15, -0.1) is 0 Å². The van der Waals surface area contributed by atoms with Crippen LogP contribution in [0.5, 0.6) is 0 Å². The molecule has 1 aliphatic rings. The Balaban J connectivity index is 1.67. The Morgan fingerprint density at radius 3 is 2.58 bits per heavy atom. The van der Waals surface area contributed by atoms with Crippen molar-refractivity contribution in [2.45, 2.75) is 24.5 Å². The number of nitrogens with two attached hydrogens (primary N) is 1. The molecular weight excluding hydrogens is 519 g/mol. The van der Waals surface area contributed by atoms with Crippen molar-refractivity contribution in [3.8, 4) is 0 Å². The number of rotatable bonds is 9. The zero-order valence-corrected chi connectivity index (χ0v) is 18.6. The lowest BCUT2D eigenvalue weighted by atomic mass is 10.1. The molecule has 2 aromatic rings. The number of aromatic nitrogens is 4. The molecule has 184 valence electrons. The topological polar surface area (TPSA) is 285 Å². The molecule has 1 aliphatic heterocycles. The van der Waals surface area contributed by atoms with E-state index in [2.05, 4.69) is 32.6 Å². The van der Waals surface area contributed by atoms with Crippen LogP contribution in [0.4, 0.5) is 10.6 Å². The van der Waals surface area contributed by atoms with E-state index >= 15 is 0 Å². The summed E-state index contributed by atoms with van der Waals surface area (Å²) in [5.74, 6) is 0.0490. The molecule has 0 amide bonds. The zero-order chi connectivity index (χ0) is 24.6. The minimum absolute atomic E-state index is 0.0490. The van der Waals surface area contributed by atoms with Gasteiger partial charge in [0.2, 0.25) is 0 Å². The van der Waals surface area contributed by atoms with Crippen LogP contribution in [0.2, 0.25) is 0 Å². The van der Waals surface area contributed by atoms with Crippen LogP contribution in [0, 0.1) is 0 Å². The van der Waals surface area contributed by atoms with Crippen molar-refractivity contribution in [3.63, 3.8) is 0 Å². The maximum absolute atomic E-state index is 12.0. The number of anilines is 1. The summed E-state index contributed by atoms with van der Waals surface area (Å²) in [7, 11) is -15.2. The van der Waals surface area contributed by atoms with Gasteiger partial charge in [-0.1, -0.05) is 0 Å². The third-order valence-electron chi connectivity index (χ3n) is 3.95. The van der Waals surface area contributed by atoms with Crippen LogP contribution in [0.15, 0.2) is 12.7 Å². The van der Waals surface area contributed by atoms with Gasteiger partial charge in [0.15, 0.2) is 17.7 Å². The average molecular weight is 535 g/mol. The normalized spacial score (nSPS) is 26.2. The molecule has 6 atom stereocenters. The predicted octanol–water partition coefficient (Wildman–Crippen LogP) is -0.637. The predicted molar refractivity (Wildman–Crippen MR) is 102 cm³/mol. The molecule has 22 heteroatoms. The maximum Gasteiger partial charge on any atom is 0.550 e. The molecule has 0 bridgehead atoms. The van der Waals surface area contributed by atoms with E-state index in [0.29, 0.717) is 0 Å². The SMILES string of the molecule is Nc1ncnc2c1ncn2[C@@H]1O[C@H](CO[PH](=O)OP(=O)(OC(=O)O)OP(=O)(O)O)[C@@H](O)[C@H]1O. The summed E-state index contributed by atoms with van der Waals surface area (Å²) in [5, 5.41) is 29.0. The highest BCUT2D eigenvalue weighted by atomic mass is 31.3. The summed E-state index contributed by atoms with van der Waals surface area (Å²) in [4.78, 5) is 39.6. The molecule has 0 radical (unpaired) electrons. The van der Waals surface area contributed by atoms with Gasteiger partial charge in [0, 0.05) is 0 Å². The van der Waals surface area contributed by atoms with E-state index in [1.54, 1.807) is 0 Å². The van der Waals surface area contributed by atoms with Gasteiger partial charge in [-0.25, -0.2) is 28.9 Å². The first-order chi connectivity index (χ1) is 15.3. The summed E-state index contributed by atoms with van der Waals surface area (Å²) < 4.78 is 57.5. The van der Waals surface area contributed by atoms with Crippen molar-refractivity contribution in [3.05, 3.63) is 12.7 Å². The van der Waals surface area contributed by atoms with Crippen molar-refractivity contribution in [1.29, 1.82) is 0 Å². The molecule has 2 aromatic heterocycles. The first-order valence-corrected chi connectivity index (χ1v) is 12.6. The largest absolute Gasteiger partial charge is 0.550 e. The quantitative estimate of drug-likeness (QED) is 0.218. The van der Waals surface area contributed by atoms with Crippen LogP contribution >= 0.6 is 23.9 Å². The summed E-state index contributed by atoms with van der Waals surface area (Å²) in [6.45, 7) is -0.779. The molecule has 1 saturated heterocycles. The highest BCUT2D eigenvalue weighted by Crippen LogP contribution is 2.65. The standard InChI is InChI=1S/C11H16N5O14P3/c12-8-5-9(14-2-13-8)16(3-15-5)10-7(18)6(17)4(27-10)1-26-31(21)29-33(25,28-11(19)20)30-32(22,23)24/h2-4,6-7,10,17-18,31H,1H2,(H,19,20)(H2,12,13,14)(H2,22,23,24)/t4-,6-,7-,10-,33?/m1/s1. The molecule has 0 saturated carbocycles. The number of nitrogen functional groups attached to an aromatic ring is 1. The van der Waals surface area contributed by atoms with Crippen molar-refractivity contribution in [1.82, 2.24) is 19.5 Å². The highest BCUT2D eigenvalue weighted by Gasteiger charge is 2.46. The fourth-order valence-corrected chi connectivity index (χ4v) is 5.89. The Kier molecular flexibility index (Phi) is 7.52. The van der Waals surface area contributed by atoms with Gasteiger partial charge in [-0.3, -0.25) is 9.13 Å². The Morgan fingerprint density at radius 2 is 1.94 bits per heavy atom. The van der Waals surface area contributed by atoms with Crippen molar-refractivity contribution < 1.29 is 66.0 Å². The number of hydrogen-bond acceptors (Lipinski definition) is 15. The second-order valence-electron chi connectivity index (χ2n) is 6.16. The molecule has 3 heterocycles. The number of carbonyl (C=O) groups is 1. The minimum atomic E-state index is -5.60. The van der Waals surface area contributed by atoms with E-state index in [-0.39, 0.29) is 17.0 Å². The van der Waals surface area contributed by atoms with Crippen molar-refractivity contribution in [2.24, 2.45) is 0 Å². The number of carboxylic acid groups (broad SMARTS) is 1. The fourth-order valence-electron chi connectivity index (χ4n) is 2.70. The van der Waals surface area contributed by atoms with E-state index in [0.717, 1.165) is 6.33 Å². The van der Waals surface area contributed by atoms with Crippen molar-refractivity contribution >= 4 is 47.0 Å². The third-order valence-corrected chi connectivity index (χ3v) is 7.87. The third kappa shape index (κ3) is 6.11. The highest BCUT2D eigenvalue weighted by molar-refractivity contribution is 7.65. The molecule has 1 fully saturated rings. The number of ether oxygens (including phenoxy) is 1. The Morgan fingerprint density at radius 1 is 1.24 bits per heavy atom. The van der Waals surface area contributed by atoms with E-state index < -0.39 is 61.2 Å². The number of aliphatic hydroxyl groups excluding tert-OH is 2. The fraction of sp³-hybridized carbons (Fsp3) is 0.455. The molecule has 2 unspecified atom stereocenters. The summed E-state index contributed by atoms with van der Waals surface area (Å²) >= 11 is 0. The van der Waals surface area contributed by atoms with E-state index in [4.69, 9.17) is 25.4 Å². The van der Waals surface area contributed by atoms with Gasteiger partial charge in [-0.05, 0) is 0 Å². The number of fused-ring (bicyclic) bond motifs is 1. The number of hydrogen-bond donors (Lipinski definition) is 6. The Labute approximate surface area is 182 Å². The van der Waals surface area contributed by atoms with E-state index in [1.165, 1.54) is 10.9 Å². The number of imidazole rings is 1. The number of aliphatic hydroxyl groups is 2. The molecule has 3 rings (SSSR count). The van der Waals surface area contributed by atoms with Gasteiger partial charge in [-0.2, -0.15) is 8.62 Å². The van der Waals surface area contributed by atoms with E-state index in [9.17, 15) is 28.7 Å². The van der Waals surface area contributed by atoms with Gasteiger partial charge in [0.25, 0.3) is 0 Å². The maximum atomic E-state index is 12.0. The minimum Gasteiger partial charge on any atom is -0.449 e. The van der Waals surface area contributed by atoms with E-state index in [1.807, 2.05) is 0 Å². The summed E-state index contributed by atoms with van der Waals surface area (Å²) in [5.41, 5.74) is 6.04. The van der Waals surface area contributed by atoms with Crippen LogP contribution in [-0.2, 0) is 36.1 Å². The lowest BCUT2D eigenvalue weighted by Crippen LogP contribution is -2.33. The summed E-state index contributed by atoms with van der Waals surface area (Å²) in [6.07, 6.45) is -5.76. The van der Waals surface area contributed by atoms with Crippen LogP contribution < -0.4 is 5.73 Å². The number of phosphoric acid groups is 2. The smallest absolute Gasteiger partial charge is 0.449 e. The van der Waals surface area contributed by atoms with Gasteiger partial charge in [0.1, 0.15) is 30.2 Å². The molecule has 0 spiro atoms. The van der Waals surface area contributed by atoms with Crippen LogP contribution in [0.1, 0.15) is 6.23 Å². The zero-order valence-electron chi connectivity index (χ0n) is 15.8. The molecule has 0 aliphatic carbocycles. The Hall–Kier alpha value is -2.01. The Bertz CT molecular complexity index is 1150. The van der Waals surface area contributed by atoms with Crippen LogP contribution in [-0.4, -0.2) is 75.7 Å². The van der Waals surface area contributed by atoms with Gasteiger partial charge in [0.05, 0.1) is 12.9 Å². The molecule has 7 N–H and O–H groups in total. The first-order valence-electron chi connectivity index (χ1n) is 8.40. The summed E-state index contributed by atoms with van der Waals surface area (Å²) in [6, 6.07) is 0. The average Bonchev–Trinajstić information content (AvgIpc) is 3.20. The second-order valence-corrected chi connectivity index (χ2v) is 10.4. The molecule has 19 nitrogen and oxygen atoms in total. The van der Waals surface area contributed by atoms with Crippen LogP contribution in [0.3, 0.4) is 0 Å². The first kappa shape index (κ1) is 25.6. The lowest BCUT2D eigenvalue weighted by molar-refractivity contribution is -0.0476. The molecule has 33 heavy (non-hydrogen) atoms.